The zero-order chi connectivity index (χ0) is 36.5. The molecule has 0 aliphatic carbocycles. The Morgan fingerprint density at radius 1 is 0.400 bits per heavy atom. The minimum absolute atomic E-state index is 0.474. The first-order chi connectivity index (χ1) is 27.1. The minimum Gasteiger partial charge on any atom is -0.309 e. The summed E-state index contributed by atoms with van der Waals surface area (Å²) in [6, 6.07) is 66.7. The second-order valence-electron chi connectivity index (χ2n) is 13.9. The number of nitrogens with zero attached hydrogens (tertiary/aromatic N) is 4. The smallest absolute Gasteiger partial charge is 0.170 e. The Kier molecular flexibility index (Phi) is 7.03. The molecule has 0 radical (unpaired) electrons. The van der Waals surface area contributed by atoms with E-state index in [1.165, 1.54) is 21.8 Å². The van der Waals surface area contributed by atoms with Crippen LogP contribution >= 0.6 is 0 Å². The highest BCUT2D eigenvalue weighted by molar-refractivity contribution is 7.94. The second-order valence-corrected chi connectivity index (χ2v) is 16.0. The zero-order valence-corrected chi connectivity index (χ0v) is 30.4. The Morgan fingerprint density at radius 3 is 1.60 bits per heavy atom. The monoisotopic (exact) mass is 724 g/mol. The van der Waals surface area contributed by atoms with Crippen LogP contribution in [0.3, 0.4) is 0 Å². The minimum atomic E-state index is -3.06. The number of aliphatic imine (C=N–C) groups is 1. The van der Waals surface area contributed by atoms with Crippen molar-refractivity contribution in [2.24, 2.45) is 9.36 Å². The van der Waals surface area contributed by atoms with Crippen molar-refractivity contribution in [3.8, 4) is 22.5 Å². The lowest BCUT2D eigenvalue weighted by molar-refractivity contribution is 0.676. The molecule has 0 fully saturated rings. The van der Waals surface area contributed by atoms with Crippen LogP contribution in [0.25, 0.3) is 66.1 Å². The maximum Gasteiger partial charge on any atom is 0.170 e. The third-order valence-corrected chi connectivity index (χ3v) is 13.0. The Morgan fingerprint density at radius 2 is 0.927 bits per heavy atom. The van der Waals surface area contributed by atoms with Gasteiger partial charge in [0.15, 0.2) is 5.84 Å². The maximum absolute atomic E-state index is 15.3. The molecule has 1 aliphatic heterocycles. The van der Waals surface area contributed by atoms with Crippen LogP contribution in [-0.2, 0) is 9.73 Å². The van der Waals surface area contributed by atoms with Crippen LogP contribution in [0.15, 0.2) is 213 Å². The summed E-state index contributed by atoms with van der Waals surface area (Å²) in [5.74, 6) is 0.474. The fourth-order valence-corrected chi connectivity index (χ4v) is 10.3. The van der Waals surface area contributed by atoms with Gasteiger partial charge in [0.25, 0.3) is 0 Å². The molecule has 6 heteroatoms. The normalized spacial score (nSPS) is 15.3. The summed E-state index contributed by atoms with van der Waals surface area (Å²) >= 11 is 0. The van der Waals surface area contributed by atoms with E-state index in [1.807, 2.05) is 72.8 Å². The fraction of sp³-hybridized carbons (Fsp3) is 0. The van der Waals surface area contributed by atoms with E-state index in [4.69, 9.17) is 9.36 Å². The molecule has 0 saturated heterocycles. The van der Waals surface area contributed by atoms with Crippen LogP contribution < -0.4 is 0 Å². The highest BCUT2D eigenvalue weighted by Crippen LogP contribution is 2.40. The lowest BCUT2D eigenvalue weighted by Gasteiger charge is -2.19. The number of hydrogen-bond donors (Lipinski definition) is 0. The van der Waals surface area contributed by atoms with Crippen LogP contribution in [0.5, 0.6) is 0 Å². The van der Waals surface area contributed by atoms with Gasteiger partial charge in [0.1, 0.15) is 9.73 Å². The summed E-state index contributed by atoms with van der Waals surface area (Å²) in [7, 11) is -3.06. The third kappa shape index (κ3) is 4.92. The average Bonchev–Trinajstić information content (AvgIpc) is 3.76. The van der Waals surface area contributed by atoms with E-state index in [0.29, 0.717) is 21.3 Å². The van der Waals surface area contributed by atoms with Crippen LogP contribution in [0, 0.1) is 0 Å². The highest BCUT2D eigenvalue weighted by atomic mass is 32.2. The maximum atomic E-state index is 15.3. The van der Waals surface area contributed by atoms with E-state index < -0.39 is 9.73 Å². The van der Waals surface area contributed by atoms with Gasteiger partial charge in [-0.25, -0.2) is 9.20 Å². The third-order valence-electron chi connectivity index (χ3n) is 10.7. The summed E-state index contributed by atoms with van der Waals surface area (Å²) in [4.78, 5) is 6.11. The Bertz CT molecular complexity index is 3310. The number of para-hydroxylation sites is 4. The van der Waals surface area contributed by atoms with Crippen molar-refractivity contribution < 1.29 is 4.21 Å². The van der Waals surface area contributed by atoms with Gasteiger partial charge >= 0.3 is 0 Å². The second kappa shape index (κ2) is 12.3. The SMILES string of the molecule is O=S1(c2cccc(-n3c4ccccc4c4cc(-c5ccc6c(c5)c5ccccc5n6-c5ccccc5)ccc43)c2)=NC(c2ccccc2)=Nc2ccccc21. The van der Waals surface area contributed by atoms with E-state index in [1.54, 1.807) is 0 Å². The molecule has 3 heterocycles. The lowest BCUT2D eigenvalue weighted by atomic mass is 10.0. The van der Waals surface area contributed by atoms with Gasteiger partial charge in [0.05, 0.1) is 37.5 Å². The molecule has 2 aromatic heterocycles. The van der Waals surface area contributed by atoms with Crippen LogP contribution in [0.1, 0.15) is 5.56 Å². The molecule has 8 aromatic carbocycles. The number of fused-ring (bicyclic) bond motifs is 7. The quantitative estimate of drug-likeness (QED) is 0.174. The predicted octanol–water partition coefficient (Wildman–Crippen LogP) is 12.5. The Labute approximate surface area is 318 Å². The van der Waals surface area contributed by atoms with Gasteiger partial charge in [-0.1, -0.05) is 115 Å². The molecular formula is C49H32N4OS. The molecule has 0 amide bonds. The van der Waals surface area contributed by atoms with Gasteiger partial charge in [0, 0.05) is 38.5 Å². The molecule has 11 rings (SSSR count). The summed E-state index contributed by atoms with van der Waals surface area (Å²) in [5.41, 5.74) is 10.4. The predicted molar refractivity (Wildman–Crippen MR) is 227 cm³/mol. The van der Waals surface area contributed by atoms with Crippen molar-refractivity contribution in [2.45, 2.75) is 9.79 Å². The van der Waals surface area contributed by atoms with Gasteiger partial charge in [-0.2, -0.15) is 4.36 Å². The Balaban J connectivity index is 1.07. The molecule has 0 bridgehead atoms. The summed E-state index contributed by atoms with van der Waals surface area (Å²) < 4.78 is 24.8. The van der Waals surface area contributed by atoms with E-state index in [-0.39, 0.29) is 0 Å². The van der Waals surface area contributed by atoms with Crippen LogP contribution in [-0.4, -0.2) is 19.2 Å². The topological polar surface area (TPSA) is 51.6 Å². The van der Waals surface area contributed by atoms with Gasteiger partial charge in [0.2, 0.25) is 0 Å². The first-order valence-electron chi connectivity index (χ1n) is 18.4. The van der Waals surface area contributed by atoms with E-state index >= 15 is 4.21 Å². The van der Waals surface area contributed by atoms with Crippen molar-refractivity contribution >= 4 is 64.9 Å². The van der Waals surface area contributed by atoms with Gasteiger partial charge in [-0.05, 0) is 90.0 Å². The fourth-order valence-electron chi connectivity index (χ4n) is 8.21. The molecule has 0 saturated carbocycles. The molecule has 10 aromatic rings. The number of aromatic nitrogens is 2. The van der Waals surface area contributed by atoms with Gasteiger partial charge < -0.3 is 9.13 Å². The van der Waals surface area contributed by atoms with Crippen molar-refractivity contribution in [1.82, 2.24) is 9.13 Å². The molecule has 5 nitrogen and oxygen atoms in total. The summed E-state index contributed by atoms with van der Waals surface area (Å²) in [6.45, 7) is 0. The first-order valence-corrected chi connectivity index (χ1v) is 19.9. The van der Waals surface area contributed by atoms with Crippen molar-refractivity contribution in [3.63, 3.8) is 0 Å². The zero-order valence-electron chi connectivity index (χ0n) is 29.6. The van der Waals surface area contributed by atoms with E-state index in [0.717, 1.165) is 49.9 Å². The van der Waals surface area contributed by atoms with Crippen LogP contribution in [0.4, 0.5) is 5.69 Å². The summed E-state index contributed by atoms with van der Waals surface area (Å²) in [5, 5.41) is 4.76. The standard InChI is InChI=1S/C49H32N4OS/c54-55(48-25-12-9-22-43(48)50-49(51-55)33-14-3-1-4-15-33)38-19-13-18-37(32-38)53-45-24-11-8-21-40(45)42-31-35(27-29-47(42)53)34-26-28-46-41(30-34)39-20-7-10-23-44(39)52(46)36-16-5-2-6-17-36/h1-32H. The number of hydrogen-bond acceptors (Lipinski definition) is 3. The van der Waals surface area contributed by atoms with E-state index in [9.17, 15) is 0 Å². The largest absolute Gasteiger partial charge is 0.309 e. The average molecular weight is 725 g/mol. The van der Waals surface area contributed by atoms with Gasteiger partial charge in [-0.15, -0.1) is 0 Å². The van der Waals surface area contributed by atoms with Crippen molar-refractivity contribution in [2.75, 3.05) is 0 Å². The van der Waals surface area contributed by atoms with E-state index in [2.05, 4.69) is 130 Å². The number of rotatable bonds is 5. The van der Waals surface area contributed by atoms with Crippen molar-refractivity contribution in [3.05, 3.63) is 200 Å². The molecule has 55 heavy (non-hydrogen) atoms. The molecular weight excluding hydrogens is 693 g/mol. The molecule has 1 unspecified atom stereocenters. The highest BCUT2D eigenvalue weighted by Gasteiger charge is 2.26. The molecule has 260 valence electrons. The Hall–Kier alpha value is -7.02. The number of amidine groups is 1. The van der Waals surface area contributed by atoms with Crippen LogP contribution in [0.2, 0.25) is 0 Å². The molecule has 1 aliphatic rings. The lowest BCUT2D eigenvalue weighted by Crippen LogP contribution is -2.12. The molecule has 0 N–H and O–H groups in total. The molecule has 0 spiro atoms. The van der Waals surface area contributed by atoms with Crippen molar-refractivity contribution in [1.29, 1.82) is 0 Å². The molecule has 1 atom stereocenters. The first kappa shape index (κ1) is 31.5. The number of benzene rings is 8. The van der Waals surface area contributed by atoms with Gasteiger partial charge in [-0.3, -0.25) is 0 Å². The summed E-state index contributed by atoms with van der Waals surface area (Å²) in [6.07, 6.45) is 0.